The molecule has 3 nitrogen and oxygen atoms in total. The Labute approximate surface area is 143 Å². The zero-order valence-corrected chi connectivity index (χ0v) is 15.2. The van der Waals surface area contributed by atoms with Gasteiger partial charge in [-0.25, -0.2) is 0 Å². The van der Waals surface area contributed by atoms with E-state index in [1.807, 2.05) is 30.3 Å². The van der Waals surface area contributed by atoms with Crippen LogP contribution in [-0.2, 0) is 0 Å². The number of halogens is 1. The summed E-state index contributed by atoms with van der Waals surface area (Å²) < 4.78 is 0.920. The van der Waals surface area contributed by atoms with Crippen LogP contribution in [0.4, 0.5) is 0 Å². The van der Waals surface area contributed by atoms with Gasteiger partial charge >= 0.3 is 0 Å². The fourth-order valence-electron chi connectivity index (χ4n) is 3.00. The average Bonchev–Trinajstić information content (AvgIpc) is 2.45. The van der Waals surface area contributed by atoms with Gasteiger partial charge in [0.25, 0.3) is 5.91 Å². The number of alkyl halides is 1. The molecule has 1 N–H and O–H groups in total. The minimum atomic E-state index is -0.103. The molecular formula is C16H19IN2OS. The summed E-state index contributed by atoms with van der Waals surface area (Å²) >= 11 is 4.31. The third-order valence-corrected chi connectivity index (χ3v) is 7.75. The van der Waals surface area contributed by atoms with Crippen molar-refractivity contribution < 1.29 is 4.79 Å². The lowest BCUT2D eigenvalue weighted by Gasteiger charge is -2.51. The van der Waals surface area contributed by atoms with Gasteiger partial charge in [-0.2, -0.15) is 0 Å². The summed E-state index contributed by atoms with van der Waals surface area (Å²) in [5.74, 6) is -0.0703. The number of rotatable bonds is 1. The predicted octanol–water partition coefficient (Wildman–Crippen LogP) is 4.02. The maximum atomic E-state index is 12.3. The van der Waals surface area contributed by atoms with Crippen molar-refractivity contribution in [3.63, 3.8) is 0 Å². The van der Waals surface area contributed by atoms with E-state index in [0.717, 1.165) is 11.6 Å². The Bertz CT molecular complexity index is 587. The van der Waals surface area contributed by atoms with Gasteiger partial charge in [-0.15, -0.1) is 0 Å². The standard InChI is InChI=1S/C16H19IN2OS/c1-15(2)10-16(9-8-12(16)17)21-14(19-15)18-13(20)11-6-4-3-5-7-11/h3-7,12H,8-10H2,1-2H3,(H,18,19,20). The second-order valence-corrected chi connectivity index (χ2v) is 9.31. The molecule has 1 aliphatic heterocycles. The van der Waals surface area contributed by atoms with Crippen molar-refractivity contribution in [1.29, 1.82) is 0 Å². The second kappa shape index (κ2) is 5.57. The SMILES string of the molecule is CC1(C)CC2(CCC2I)SC(NC(=O)c2ccccc2)=N1. The summed E-state index contributed by atoms with van der Waals surface area (Å²) in [5.41, 5.74) is 0.576. The van der Waals surface area contributed by atoms with E-state index in [0.29, 0.717) is 9.49 Å². The summed E-state index contributed by atoms with van der Waals surface area (Å²) in [5, 5.41) is 3.78. The lowest BCUT2D eigenvalue weighted by atomic mass is 9.76. The van der Waals surface area contributed by atoms with Gasteiger partial charge in [0.1, 0.15) is 0 Å². The molecule has 2 aliphatic rings. The van der Waals surface area contributed by atoms with Gasteiger partial charge in [0.15, 0.2) is 5.17 Å². The number of hydrogen-bond donors (Lipinski definition) is 1. The van der Waals surface area contributed by atoms with E-state index in [1.54, 1.807) is 11.8 Å². The first-order valence-electron chi connectivity index (χ1n) is 7.20. The number of nitrogens with one attached hydrogen (secondary N) is 1. The van der Waals surface area contributed by atoms with E-state index in [2.05, 4.69) is 41.8 Å². The number of nitrogens with zero attached hydrogens (tertiary/aromatic N) is 1. The van der Waals surface area contributed by atoms with Crippen LogP contribution < -0.4 is 5.32 Å². The minimum absolute atomic E-state index is 0.0703. The van der Waals surface area contributed by atoms with Gasteiger partial charge in [-0.1, -0.05) is 52.6 Å². The molecule has 1 aromatic carbocycles. The van der Waals surface area contributed by atoms with Crippen LogP contribution in [0.2, 0.25) is 0 Å². The van der Waals surface area contributed by atoms with Crippen LogP contribution in [0.1, 0.15) is 43.5 Å². The Morgan fingerprint density at radius 1 is 1.38 bits per heavy atom. The molecule has 3 rings (SSSR count). The largest absolute Gasteiger partial charge is 0.301 e. The van der Waals surface area contributed by atoms with E-state index in [-0.39, 0.29) is 16.2 Å². The number of thioether (sulfide) groups is 1. The smallest absolute Gasteiger partial charge is 0.257 e. The van der Waals surface area contributed by atoms with Crippen LogP contribution in [-0.4, -0.2) is 25.3 Å². The molecule has 0 aromatic heterocycles. The molecule has 1 spiro atoms. The Morgan fingerprint density at radius 3 is 2.67 bits per heavy atom. The predicted molar refractivity (Wildman–Crippen MR) is 97.4 cm³/mol. The number of amidine groups is 1. The van der Waals surface area contributed by atoms with E-state index < -0.39 is 0 Å². The molecule has 1 aromatic rings. The Kier molecular flexibility index (Phi) is 4.07. The molecule has 0 radical (unpaired) electrons. The minimum Gasteiger partial charge on any atom is -0.301 e. The molecule has 1 fully saturated rings. The molecule has 5 heteroatoms. The number of aliphatic imine (C=N–C) groups is 1. The summed E-state index contributed by atoms with van der Waals surface area (Å²) in [7, 11) is 0. The number of carbonyl (C=O) groups excluding carboxylic acids is 1. The van der Waals surface area contributed by atoms with E-state index in [1.165, 1.54) is 12.8 Å². The van der Waals surface area contributed by atoms with Crippen LogP contribution in [0.25, 0.3) is 0 Å². The van der Waals surface area contributed by atoms with E-state index in [9.17, 15) is 4.79 Å². The normalized spacial score (nSPS) is 30.4. The van der Waals surface area contributed by atoms with Crippen molar-refractivity contribution in [2.24, 2.45) is 4.99 Å². The van der Waals surface area contributed by atoms with Gasteiger partial charge in [-0.3, -0.25) is 9.79 Å². The molecule has 21 heavy (non-hydrogen) atoms. The highest BCUT2D eigenvalue weighted by molar-refractivity contribution is 14.1. The molecule has 112 valence electrons. The van der Waals surface area contributed by atoms with E-state index in [4.69, 9.17) is 4.99 Å². The van der Waals surface area contributed by atoms with Gasteiger partial charge in [0.2, 0.25) is 0 Å². The third-order valence-electron chi connectivity index (χ3n) is 4.08. The quantitative estimate of drug-likeness (QED) is 0.557. The monoisotopic (exact) mass is 414 g/mol. The Hall–Kier alpha value is -0.560. The third kappa shape index (κ3) is 3.13. The highest BCUT2D eigenvalue weighted by atomic mass is 127. The molecule has 1 amide bonds. The summed E-state index contributed by atoms with van der Waals surface area (Å²) in [4.78, 5) is 17.1. The first-order valence-corrected chi connectivity index (χ1v) is 9.26. The highest BCUT2D eigenvalue weighted by Gasteiger charge is 2.52. The number of benzene rings is 1. The molecular weight excluding hydrogens is 395 g/mol. The molecule has 1 heterocycles. The molecule has 0 bridgehead atoms. The molecule has 2 unspecified atom stereocenters. The zero-order chi connectivity index (χ0) is 15.1. The number of hydrogen-bond acceptors (Lipinski definition) is 3. The van der Waals surface area contributed by atoms with Crippen LogP contribution in [0.5, 0.6) is 0 Å². The highest BCUT2D eigenvalue weighted by Crippen LogP contribution is 2.55. The van der Waals surface area contributed by atoms with Gasteiger partial charge in [0, 0.05) is 14.2 Å². The van der Waals surface area contributed by atoms with E-state index >= 15 is 0 Å². The van der Waals surface area contributed by atoms with Crippen molar-refractivity contribution in [2.75, 3.05) is 0 Å². The lowest BCUT2D eigenvalue weighted by Crippen LogP contribution is -2.54. The first-order chi connectivity index (χ1) is 9.90. The van der Waals surface area contributed by atoms with Crippen molar-refractivity contribution in [1.82, 2.24) is 5.32 Å². The molecule has 1 aliphatic carbocycles. The van der Waals surface area contributed by atoms with Crippen LogP contribution in [0, 0.1) is 0 Å². The Morgan fingerprint density at radius 2 is 2.10 bits per heavy atom. The van der Waals surface area contributed by atoms with Crippen molar-refractivity contribution >= 4 is 45.4 Å². The van der Waals surface area contributed by atoms with Gasteiger partial charge in [0.05, 0.1) is 5.54 Å². The second-order valence-electron chi connectivity index (χ2n) is 6.40. The molecule has 0 saturated heterocycles. The van der Waals surface area contributed by atoms with Crippen molar-refractivity contribution in [3.8, 4) is 0 Å². The molecule has 1 saturated carbocycles. The topological polar surface area (TPSA) is 41.5 Å². The Balaban J connectivity index is 1.78. The van der Waals surface area contributed by atoms with Crippen LogP contribution in [0.3, 0.4) is 0 Å². The summed E-state index contributed by atoms with van der Waals surface area (Å²) in [6, 6.07) is 9.33. The average molecular weight is 414 g/mol. The fourth-order valence-corrected chi connectivity index (χ4v) is 5.94. The summed E-state index contributed by atoms with van der Waals surface area (Å²) in [6.07, 6.45) is 3.57. The maximum absolute atomic E-state index is 12.3. The van der Waals surface area contributed by atoms with Crippen molar-refractivity contribution in [2.45, 2.75) is 47.3 Å². The number of carbonyl (C=O) groups is 1. The van der Waals surface area contributed by atoms with Crippen LogP contribution in [0.15, 0.2) is 35.3 Å². The van der Waals surface area contributed by atoms with Crippen molar-refractivity contribution in [3.05, 3.63) is 35.9 Å². The zero-order valence-electron chi connectivity index (χ0n) is 12.2. The number of amides is 1. The lowest BCUT2D eigenvalue weighted by molar-refractivity contribution is 0.0977. The fraction of sp³-hybridized carbons (Fsp3) is 0.500. The summed E-state index contributed by atoms with van der Waals surface area (Å²) in [6.45, 7) is 4.32. The first kappa shape index (κ1) is 15.3. The van der Waals surface area contributed by atoms with Gasteiger partial charge in [-0.05, 0) is 45.2 Å². The van der Waals surface area contributed by atoms with Crippen LogP contribution >= 0.6 is 34.4 Å². The molecule has 2 atom stereocenters. The maximum Gasteiger partial charge on any atom is 0.257 e. The van der Waals surface area contributed by atoms with Gasteiger partial charge < -0.3 is 5.32 Å².